The fourth-order valence-corrected chi connectivity index (χ4v) is 3.16. The van der Waals surface area contributed by atoms with Gasteiger partial charge in [0.15, 0.2) is 0 Å². The molecule has 0 unspecified atom stereocenters. The van der Waals surface area contributed by atoms with Gasteiger partial charge in [-0.3, -0.25) is 14.2 Å². The second-order valence-electron chi connectivity index (χ2n) is 6.43. The Kier molecular flexibility index (Phi) is 4.14. The van der Waals surface area contributed by atoms with Crippen molar-refractivity contribution < 1.29 is 4.79 Å². The fourth-order valence-electron chi connectivity index (χ4n) is 3.16. The van der Waals surface area contributed by atoms with Crippen molar-refractivity contribution in [1.82, 2.24) is 34.6 Å². The Hall–Kier alpha value is -4.60. The Balaban J connectivity index is 1.55. The normalized spacial score (nSPS) is 10.9. The van der Waals surface area contributed by atoms with Crippen molar-refractivity contribution in [2.75, 3.05) is 11.1 Å². The third kappa shape index (κ3) is 3.02. The molecule has 4 heterocycles. The number of nitrogens with one attached hydrogen (secondary N) is 1. The first-order valence-corrected chi connectivity index (χ1v) is 9.04. The Morgan fingerprint density at radius 2 is 2.00 bits per heavy atom. The SMILES string of the molecule is Nc1nnnn1-c1cccc(C(=O)Nc2c(-c3cccnc3)nc3ccccn23)c1. The maximum Gasteiger partial charge on any atom is 0.256 e. The van der Waals surface area contributed by atoms with E-state index in [2.05, 4.69) is 30.8 Å². The smallest absolute Gasteiger partial charge is 0.256 e. The van der Waals surface area contributed by atoms with Gasteiger partial charge in [-0.1, -0.05) is 17.2 Å². The number of hydrogen-bond acceptors (Lipinski definition) is 7. The van der Waals surface area contributed by atoms with E-state index in [1.54, 1.807) is 36.7 Å². The van der Waals surface area contributed by atoms with Crippen LogP contribution in [-0.4, -0.2) is 40.5 Å². The first kappa shape index (κ1) is 17.5. The summed E-state index contributed by atoms with van der Waals surface area (Å²) in [6.45, 7) is 0. The molecule has 5 aromatic rings. The molecule has 0 aliphatic heterocycles. The molecule has 0 aliphatic carbocycles. The average Bonchev–Trinajstić information content (AvgIpc) is 3.38. The molecule has 1 aromatic carbocycles. The van der Waals surface area contributed by atoms with E-state index >= 15 is 0 Å². The molecule has 0 radical (unpaired) electrons. The fraction of sp³-hybridized carbons (Fsp3) is 0. The van der Waals surface area contributed by atoms with Gasteiger partial charge in [-0.25, -0.2) is 4.98 Å². The molecule has 3 N–H and O–H groups in total. The first-order valence-electron chi connectivity index (χ1n) is 9.04. The molecule has 0 bridgehead atoms. The standard InChI is InChI=1S/C20H15N9O/c21-20-25-26-27-29(20)15-7-3-5-13(11-15)19(30)24-18-17(14-6-4-9-22-12-14)23-16-8-1-2-10-28(16)18/h1-12H,(H,24,30)(H2,21,25,27). The highest BCUT2D eigenvalue weighted by Gasteiger charge is 2.18. The van der Waals surface area contributed by atoms with Crippen molar-refractivity contribution in [1.29, 1.82) is 0 Å². The van der Waals surface area contributed by atoms with Crippen molar-refractivity contribution in [3.8, 4) is 16.9 Å². The van der Waals surface area contributed by atoms with Crippen LogP contribution in [0.1, 0.15) is 10.4 Å². The van der Waals surface area contributed by atoms with Crippen molar-refractivity contribution in [3.63, 3.8) is 0 Å². The van der Waals surface area contributed by atoms with E-state index in [1.165, 1.54) is 4.68 Å². The molecule has 0 spiro atoms. The van der Waals surface area contributed by atoms with Crippen LogP contribution < -0.4 is 11.1 Å². The van der Waals surface area contributed by atoms with Gasteiger partial charge in [0.25, 0.3) is 5.91 Å². The lowest BCUT2D eigenvalue weighted by molar-refractivity contribution is 0.102. The molecule has 4 aromatic heterocycles. The Morgan fingerprint density at radius 1 is 1.07 bits per heavy atom. The van der Waals surface area contributed by atoms with E-state index in [9.17, 15) is 4.79 Å². The number of nitrogen functional groups attached to an aromatic ring is 1. The second kappa shape index (κ2) is 7.09. The molecule has 0 saturated carbocycles. The van der Waals surface area contributed by atoms with E-state index in [4.69, 9.17) is 5.73 Å². The molecule has 1 amide bonds. The predicted molar refractivity (Wildman–Crippen MR) is 110 cm³/mol. The Bertz CT molecular complexity index is 1360. The van der Waals surface area contributed by atoms with Crippen molar-refractivity contribution in [2.24, 2.45) is 0 Å². The predicted octanol–water partition coefficient (Wildman–Crippen LogP) is 2.21. The number of rotatable bonds is 4. The summed E-state index contributed by atoms with van der Waals surface area (Å²) in [6, 6.07) is 16.2. The van der Waals surface area contributed by atoms with Crippen LogP contribution in [0.4, 0.5) is 11.8 Å². The van der Waals surface area contributed by atoms with Crippen molar-refractivity contribution in [3.05, 3.63) is 78.8 Å². The summed E-state index contributed by atoms with van der Waals surface area (Å²) in [6.07, 6.45) is 5.24. The van der Waals surface area contributed by atoms with Crippen LogP contribution in [0.3, 0.4) is 0 Å². The summed E-state index contributed by atoms with van der Waals surface area (Å²) in [5.74, 6) is 0.378. The quantitative estimate of drug-likeness (QED) is 0.476. The van der Waals surface area contributed by atoms with E-state index in [1.807, 2.05) is 40.9 Å². The molecule has 30 heavy (non-hydrogen) atoms. The minimum absolute atomic E-state index is 0.133. The topological polar surface area (TPSA) is 129 Å². The number of hydrogen-bond donors (Lipinski definition) is 2. The van der Waals surface area contributed by atoms with Crippen LogP contribution in [0.15, 0.2) is 73.2 Å². The van der Waals surface area contributed by atoms with Gasteiger partial charge in [0.1, 0.15) is 17.2 Å². The molecule has 146 valence electrons. The Morgan fingerprint density at radius 3 is 2.80 bits per heavy atom. The highest BCUT2D eigenvalue weighted by atomic mass is 16.1. The Labute approximate surface area is 170 Å². The van der Waals surface area contributed by atoms with Crippen molar-refractivity contribution >= 4 is 23.3 Å². The molecule has 5 rings (SSSR count). The monoisotopic (exact) mass is 397 g/mol. The average molecular weight is 397 g/mol. The second-order valence-corrected chi connectivity index (χ2v) is 6.43. The minimum atomic E-state index is -0.306. The highest BCUT2D eigenvalue weighted by molar-refractivity contribution is 6.06. The summed E-state index contributed by atoms with van der Waals surface area (Å²) >= 11 is 0. The minimum Gasteiger partial charge on any atom is -0.366 e. The number of nitrogens with zero attached hydrogens (tertiary/aromatic N) is 7. The number of pyridine rings is 2. The van der Waals surface area contributed by atoms with Gasteiger partial charge in [0, 0.05) is 29.7 Å². The number of carbonyl (C=O) groups is 1. The van der Waals surface area contributed by atoms with Crippen LogP contribution in [0.25, 0.3) is 22.6 Å². The van der Waals surface area contributed by atoms with E-state index < -0.39 is 0 Å². The lowest BCUT2D eigenvalue weighted by Crippen LogP contribution is -2.15. The molecule has 0 fully saturated rings. The van der Waals surface area contributed by atoms with Gasteiger partial charge in [-0.05, 0) is 52.9 Å². The number of anilines is 2. The molecule has 0 saturated heterocycles. The van der Waals surface area contributed by atoms with E-state index in [0.717, 1.165) is 5.56 Å². The number of nitrogens with two attached hydrogens (primary N) is 1. The largest absolute Gasteiger partial charge is 0.366 e. The molecule has 10 nitrogen and oxygen atoms in total. The van der Waals surface area contributed by atoms with Crippen molar-refractivity contribution in [2.45, 2.75) is 0 Å². The van der Waals surface area contributed by atoms with Gasteiger partial charge in [0.05, 0.1) is 5.69 Å². The van der Waals surface area contributed by atoms with Gasteiger partial charge in [-0.2, -0.15) is 4.68 Å². The van der Waals surface area contributed by atoms with E-state index in [-0.39, 0.29) is 11.9 Å². The summed E-state index contributed by atoms with van der Waals surface area (Å²) in [5, 5.41) is 14.0. The van der Waals surface area contributed by atoms with Gasteiger partial charge < -0.3 is 11.1 Å². The number of imidazole rings is 1. The lowest BCUT2D eigenvalue weighted by Gasteiger charge is -2.09. The van der Waals surface area contributed by atoms with E-state index in [0.29, 0.717) is 28.4 Å². The lowest BCUT2D eigenvalue weighted by atomic mass is 10.1. The zero-order chi connectivity index (χ0) is 20.5. The van der Waals surface area contributed by atoms with Crippen LogP contribution >= 0.6 is 0 Å². The number of fused-ring (bicyclic) bond motifs is 1. The van der Waals surface area contributed by atoms with Crippen LogP contribution in [-0.2, 0) is 0 Å². The maximum atomic E-state index is 13.1. The summed E-state index contributed by atoms with van der Waals surface area (Å²) < 4.78 is 3.18. The first-order chi connectivity index (χ1) is 14.7. The van der Waals surface area contributed by atoms with Gasteiger partial charge >= 0.3 is 0 Å². The maximum absolute atomic E-state index is 13.1. The van der Waals surface area contributed by atoms with Crippen LogP contribution in [0.5, 0.6) is 0 Å². The van der Waals surface area contributed by atoms with Crippen LogP contribution in [0, 0.1) is 0 Å². The van der Waals surface area contributed by atoms with Gasteiger partial charge in [0.2, 0.25) is 5.95 Å². The number of aromatic nitrogens is 7. The highest BCUT2D eigenvalue weighted by Crippen LogP contribution is 2.28. The number of benzene rings is 1. The summed E-state index contributed by atoms with van der Waals surface area (Å²) in [5.41, 5.74) is 8.90. The summed E-state index contributed by atoms with van der Waals surface area (Å²) in [4.78, 5) is 21.9. The third-order valence-corrected chi connectivity index (χ3v) is 4.54. The zero-order valence-corrected chi connectivity index (χ0v) is 15.5. The third-order valence-electron chi connectivity index (χ3n) is 4.54. The zero-order valence-electron chi connectivity index (χ0n) is 15.5. The number of carbonyl (C=O) groups excluding carboxylic acids is 1. The van der Waals surface area contributed by atoms with Crippen LogP contribution in [0.2, 0.25) is 0 Å². The van der Waals surface area contributed by atoms with Gasteiger partial charge in [-0.15, -0.1) is 0 Å². The molecule has 0 atom stereocenters. The molecule has 0 aliphatic rings. The summed E-state index contributed by atoms with van der Waals surface area (Å²) in [7, 11) is 0. The molecular formula is C20H15N9O. The number of amides is 1. The molecular weight excluding hydrogens is 382 g/mol. The molecule has 10 heteroatoms. The number of tetrazole rings is 1.